The minimum Gasteiger partial charge on any atom is -0.496 e. The number of carbonyl (C=O) groups is 3. The molecule has 1 aromatic heterocycles. The maximum atomic E-state index is 13.5. The average molecular weight is 498 g/mol. The number of piperidine rings is 1. The van der Waals surface area contributed by atoms with E-state index in [1.165, 1.54) is 32.6 Å². The van der Waals surface area contributed by atoms with Crippen molar-refractivity contribution in [3.05, 3.63) is 59.2 Å². The molecule has 2 aromatic rings. The summed E-state index contributed by atoms with van der Waals surface area (Å²) in [4.78, 5) is 41.6. The molecular formula is C27H32FN3O5. The molecule has 1 N–H and O–H groups in total. The Kier molecular flexibility index (Phi) is 9.97. The van der Waals surface area contributed by atoms with Crippen LogP contribution in [0, 0.1) is 11.9 Å². The fraction of sp³-hybridized carbons (Fsp3) is 0.407. The van der Waals surface area contributed by atoms with Gasteiger partial charge in [-0.3, -0.25) is 14.4 Å². The van der Waals surface area contributed by atoms with Crippen LogP contribution in [0.15, 0.2) is 36.5 Å². The van der Waals surface area contributed by atoms with Gasteiger partial charge in [-0.2, -0.15) is 4.39 Å². The summed E-state index contributed by atoms with van der Waals surface area (Å²) < 4.78 is 24.2. The van der Waals surface area contributed by atoms with Crippen molar-refractivity contribution in [3.63, 3.8) is 0 Å². The number of hydrogen-bond acceptors (Lipinski definition) is 6. The third-order valence-electron chi connectivity index (χ3n) is 6.32. The van der Waals surface area contributed by atoms with Gasteiger partial charge in [0, 0.05) is 43.0 Å². The molecule has 0 radical (unpaired) electrons. The number of halogens is 1. The highest BCUT2D eigenvalue weighted by Crippen LogP contribution is 2.33. The molecule has 1 aliphatic rings. The molecule has 1 aromatic carbocycles. The number of nitrogens with zero attached hydrogens (tertiary/aromatic N) is 2. The van der Waals surface area contributed by atoms with Gasteiger partial charge in [-0.1, -0.05) is 12.8 Å². The quantitative estimate of drug-likeness (QED) is 0.219. The summed E-state index contributed by atoms with van der Waals surface area (Å²) in [7, 11) is 2.93. The summed E-state index contributed by atoms with van der Waals surface area (Å²) in [5.41, 5.74) is 0.987. The maximum absolute atomic E-state index is 13.5. The van der Waals surface area contributed by atoms with Gasteiger partial charge in [-0.05, 0) is 55.5 Å². The molecule has 0 bridgehead atoms. The van der Waals surface area contributed by atoms with Crippen molar-refractivity contribution in [1.82, 2.24) is 15.2 Å². The molecule has 0 aliphatic carbocycles. The van der Waals surface area contributed by atoms with Gasteiger partial charge in [0.15, 0.2) is 0 Å². The smallest absolute Gasteiger partial charge is 0.261 e. The average Bonchev–Trinajstić information content (AvgIpc) is 2.91. The third kappa shape index (κ3) is 7.13. The lowest BCUT2D eigenvalue weighted by molar-refractivity contribution is -0.116. The van der Waals surface area contributed by atoms with Crippen LogP contribution in [-0.2, 0) is 4.79 Å². The minimum atomic E-state index is -0.608. The number of likely N-dealkylation sites (tertiary alicyclic amines) is 1. The molecule has 2 amide bonds. The molecule has 1 aliphatic heterocycles. The zero-order chi connectivity index (χ0) is 25.9. The zero-order valence-electron chi connectivity index (χ0n) is 20.7. The number of aldehydes is 1. The maximum Gasteiger partial charge on any atom is 0.261 e. The predicted molar refractivity (Wildman–Crippen MR) is 134 cm³/mol. The van der Waals surface area contributed by atoms with E-state index < -0.39 is 5.95 Å². The fourth-order valence-electron chi connectivity index (χ4n) is 4.31. The van der Waals surface area contributed by atoms with Crippen molar-refractivity contribution < 1.29 is 28.2 Å². The van der Waals surface area contributed by atoms with E-state index in [-0.39, 0.29) is 17.4 Å². The molecule has 2 heterocycles. The van der Waals surface area contributed by atoms with Gasteiger partial charge in [-0.15, -0.1) is 0 Å². The summed E-state index contributed by atoms with van der Waals surface area (Å²) in [5, 5.41) is 2.81. The Morgan fingerprint density at radius 2 is 1.86 bits per heavy atom. The van der Waals surface area contributed by atoms with Crippen LogP contribution >= 0.6 is 0 Å². The highest BCUT2D eigenvalue weighted by atomic mass is 19.1. The number of methoxy groups -OCH3 is 2. The van der Waals surface area contributed by atoms with Crippen LogP contribution < -0.4 is 14.8 Å². The number of pyridine rings is 1. The second-order valence-corrected chi connectivity index (χ2v) is 8.66. The number of amides is 2. The second-order valence-electron chi connectivity index (χ2n) is 8.66. The summed E-state index contributed by atoms with van der Waals surface area (Å²) in [5.74, 6) is 0.124. The van der Waals surface area contributed by atoms with Gasteiger partial charge in [-0.25, -0.2) is 4.98 Å². The molecule has 0 spiro atoms. The fourth-order valence-corrected chi connectivity index (χ4v) is 4.31. The molecule has 36 heavy (non-hydrogen) atoms. The third-order valence-corrected chi connectivity index (χ3v) is 6.32. The van der Waals surface area contributed by atoms with E-state index in [0.717, 1.165) is 32.1 Å². The van der Waals surface area contributed by atoms with Crippen LogP contribution in [0.3, 0.4) is 0 Å². The Hall–Kier alpha value is -3.75. The van der Waals surface area contributed by atoms with Crippen LogP contribution in [0.1, 0.15) is 58.4 Å². The number of rotatable bonds is 11. The molecule has 1 saturated heterocycles. The van der Waals surface area contributed by atoms with Crippen molar-refractivity contribution in [3.8, 4) is 11.5 Å². The van der Waals surface area contributed by atoms with Crippen molar-refractivity contribution in [1.29, 1.82) is 0 Å². The van der Waals surface area contributed by atoms with E-state index in [2.05, 4.69) is 10.3 Å². The number of hydrogen-bond donors (Lipinski definition) is 1. The molecule has 8 nitrogen and oxygen atoms in total. The van der Waals surface area contributed by atoms with Gasteiger partial charge < -0.3 is 19.7 Å². The Morgan fingerprint density at radius 3 is 2.47 bits per heavy atom. The van der Waals surface area contributed by atoms with Crippen LogP contribution in [0.25, 0.3) is 6.08 Å². The van der Waals surface area contributed by atoms with Crippen molar-refractivity contribution in [2.75, 3.05) is 33.9 Å². The van der Waals surface area contributed by atoms with Crippen LogP contribution in [0.5, 0.6) is 11.5 Å². The van der Waals surface area contributed by atoms with E-state index in [4.69, 9.17) is 9.47 Å². The van der Waals surface area contributed by atoms with Crippen LogP contribution in [0.2, 0.25) is 0 Å². The van der Waals surface area contributed by atoms with E-state index in [9.17, 15) is 18.8 Å². The largest absolute Gasteiger partial charge is 0.496 e. The van der Waals surface area contributed by atoms with Gasteiger partial charge in [0.05, 0.1) is 14.2 Å². The summed E-state index contributed by atoms with van der Waals surface area (Å²) in [6.07, 6.45) is 9.40. The number of nitrogens with one attached hydrogen (secondary N) is 1. The molecule has 192 valence electrons. The number of aromatic nitrogens is 1. The topological polar surface area (TPSA) is 97.8 Å². The first-order valence-corrected chi connectivity index (χ1v) is 12.0. The SMILES string of the molecule is COc1cc(C=O)cc(OC)c1C(=O)N1CCC(CCCCNC(=O)/C=C/c2cccnc2F)CC1. The molecule has 3 rings (SSSR count). The van der Waals surface area contributed by atoms with E-state index >= 15 is 0 Å². The molecule has 0 saturated carbocycles. The molecule has 0 unspecified atom stereocenters. The normalized spacial score (nSPS) is 14.0. The van der Waals surface area contributed by atoms with E-state index in [1.807, 2.05) is 0 Å². The Balaban J connectivity index is 1.40. The van der Waals surface area contributed by atoms with Gasteiger partial charge in [0.2, 0.25) is 11.9 Å². The number of benzene rings is 1. The lowest BCUT2D eigenvalue weighted by Crippen LogP contribution is -2.38. The zero-order valence-corrected chi connectivity index (χ0v) is 20.7. The first kappa shape index (κ1) is 26.8. The molecular weight excluding hydrogens is 465 g/mol. The van der Waals surface area contributed by atoms with Crippen molar-refractivity contribution in [2.45, 2.75) is 32.1 Å². The number of unbranched alkanes of at least 4 members (excludes halogenated alkanes) is 1. The van der Waals surface area contributed by atoms with E-state index in [1.54, 1.807) is 29.2 Å². The molecule has 9 heteroatoms. The number of ether oxygens (including phenoxy) is 2. The Labute approximate surface area is 210 Å². The number of carbonyl (C=O) groups excluding carboxylic acids is 3. The van der Waals surface area contributed by atoms with Gasteiger partial charge in [0.25, 0.3) is 5.91 Å². The lowest BCUT2D eigenvalue weighted by atomic mass is 9.91. The summed E-state index contributed by atoms with van der Waals surface area (Å²) >= 11 is 0. The first-order chi connectivity index (χ1) is 17.5. The van der Waals surface area contributed by atoms with Gasteiger partial charge in [0.1, 0.15) is 23.3 Å². The monoisotopic (exact) mass is 497 g/mol. The highest BCUT2D eigenvalue weighted by Gasteiger charge is 2.28. The molecule has 1 fully saturated rings. The Bertz CT molecular complexity index is 1070. The van der Waals surface area contributed by atoms with Crippen LogP contribution in [0.4, 0.5) is 4.39 Å². The second kappa shape index (κ2) is 13.4. The van der Waals surface area contributed by atoms with Crippen molar-refractivity contribution >= 4 is 24.2 Å². The van der Waals surface area contributed by atoms with Crippen molar-refractivity contribution in [2.24, 2.45) is 5.92 Å². The standard InChI is InChI=1S/C27H32FN3O5/c1-35-22-16-20(18-32)17-23(36-2)25(22)27(34)31-14-10-19(11-15-31)6-3-4-12-29-24(33)9-8-21-7-5-13-30-26(21)28/h5,7-9,13,16-19H,3-4,6,10-12,14-15H2,1-2H3,(H,29,33)/b9-8+. The summed E-state index contributed by atoms with van der Waals surface area (Å²) in [6.45, 7) is 1.82. The molecule has 0 atom stereocenters. The Morgan fingerprint density at radius 1 is 1.17 bits per heavy atom. The first-order valence-electron chi connectivity index (χ1n) is 12.0. The van der Waals surface area contributed by atoms with Gasteiger partial charge >= 0.3 is 0 Å². The summed E-state index contributed by atoms with van der Waals surface area (Å²) in [6, 6.07) is 6.25. The van der Waals surface area contributed by atoms with E-state index in [0.29, 0.717) is 54.5 Å². The highest BCUT2D eigenvalue weighted by molar-refractivity contribution is 6.01. The van der Waals surface area contributed by atoms with Crippen LogP contribution in [-0.4, -0.2) is 61.8 Å². The minimum absolute atomic E-state index is 0.165. The lowest BCUT2D eigenvalue weighted by Gasteiger charge is -2.32. The predicted octanol–water partition coefficient (Wildman–Crippen LogP) is 3.90.